The van der Waals surface area contributed by atoms with Crippen LogP contribution in [-0.4, -0.2) is 24.2 Å². The lowest BCUT2D eigenvalue weighted by molar-refractivity contribution is -0.118. The molecule has 1 fully saturated rings. The Balaban J connectivity index is 1.40. The smallest absolute Gasteiger partial charge is 0.262 e. The number of ether oxygens (including phenoxy) is 1. The summed E-state index contributed by atoms with van der Waals surface area (Å²) in [6.07, 6.45) is 0. The number of carbonyl (C=O) groups is 2. The summed E-state index contributed by atoms with van der Waals surface area (Å²) in [7, 11) is 0. The van der Waals surface area contributed by atoms with Crippen LogP contribution in [0.5, 0.6) is 5.75 Å². The molecule has 0 radical (unpaired) electrons. The van der Waals surface area contributed by atoms with Gasteiger partial charge in [-0.05, 0) is 65.1 Å². The van der Waals surface area contributed by atoms with Crippen LogP contribution < -0.4 is 15.0 Å². The molecule has 0 spiro atoms. The fraction of sp³-hybridized carbons (Fsp3) is 0.259. The van der Waals surface area contributed by atoms with Crippen molar-refractivity contribution in [2.75, 3.05) is 22.6 Å². The average Bonchev–Trinajstić information content (AvgIpc) is 3.20. The highest BCUT2D eigenvalue weighted by Crippen LogP contribution is 2.42. The second-order valence-electron chi connectivity index (χ2n) is 9.14. The van der Waals surface area contributed by atoms with Gasteiger partial charge in [0.05, 0.1) is 5.75 Å². The molecule has 34 heavy (non-hydrogen) atoms. The molecule has 176 valence electrons. The van der Waals surface area contributed by atoms with Crippen LogP contribution in [0.25, 0.3) is 0 Å². The zero-order valence-corrected chi connectivity index (χ0v) is 21.0. The summed E-state index contributed by atoms with van der Waals surface area (Å²) in [6, 6.07) is 22.7. The molecule has 4 rings (SSSR count). The van der Waals surface area contributed by atoms with Gasteiger partial charge in [0, 0.05) is 16.4 Å². The van der Waals surface area contributed by atoms with Gasteiger partial charge in [0.2, 0.25) is 5.91 Å². The molecule has 0 unspecified atom stereocenters. The molecule has 0 aromatic heterocycles. The third kappa shape index (κ3) is 5.75. The molecule has 1 atom stereocenters. The molecule has 0 bridgehead atoms. The topological polar surface area (TPSA) is 58.6 Å². The van der Waals surface area contributed by atoms with E-state index in [9.17, 15) is 9.59 Å². The standard InChI is InChI=1S/C27H27ClN2O3S/c1-27(2,3)19-6-12-22(13-7-19)30-25(32)17-34-26(30)18-4-10-21(11-5-18)29-24(31)16-33-23-14-8-20(28)9-15-23/h4-15,26H,16-17H2,1-3H3,(H,29,31)/t26-/m0/s1. The number of hydrogen-bond donors (Lipinski definition) is 1. The predicted molar refractivity (Wildman–Crippen MR) is 140 cm³/mol. The SMILES string of the molecule is CC(C)(C)c1ccc(N2C(=O)CS[C@H]2c2ccc(NC(=O)COc3ccc(Cl)cc3)cc2)cc1. The maximum Gasteiger partial charge on any atom is 0.262 e. The highest BCUT2D eigenvalue weighted by atomic mass is 35.5. The van der Waals surface area contributed by atoms with Crippen molar-refractivity contribution in [2.45, 2.75) is 31.6 Å². The zero-order chi connectivity index (χ0) is 24.3. The summed E-state index contributed by atoms with van der Waals surface area (Å²) < 4.78 is 5.49. The third-order valence-electron chi connectivity index (χ3n) is 5.54. The molecule has 1 aliphatic rings. The Kier molecular flexibility index (Phi) is 7.19. The van der Waals surface area contributed by atoms with E-state index in [1.807, 2.05) is 41.3 Å². The second-order valence-corrected chi connectivity index (χ2v) is 10.6. The normalized spacial score (nSPS) is 15.9. The number of benzene rings is 3. The van der Waals surface area contributed by atoms with Crippen molar-refractivity contribution in [3.63, 3.8) is 0 Å². The van der Waals surface area contributed by atoms with Gasteiger partial charge in [-0.25, -0.2) is 0 Å². The Morgan fingerprint density at radius 3 is 2.29 bits per heavy atom. The highest BCUT2D eigenvalue weighted by Gasteiger charge is 2.34. The van der Waals surface area contributed by atoms with Crippen molar-refractivity contribution in [1.29, 1.82) is 0 Å². The van der Waals surface area contributed by atoms with Gasteiger partial charge in [-0.15, -0.1) is 11.8 Å². The highest BCUT2D eigenvalue weighted by molar-refractivity contribution is 8.00. The van der Waals surface area contributed by atoms with Crippen molar-refractivity contribution in [3.05, 3.63) is 88.9 Å². The van der Waals surface area contributed by atoms with Crippen LogP contribution in [0.15, 0.2) is 72.8 Å². The van der Waals surface area contributed by atoms with Crippen LogP contribution in [0.4, 0.5) is 11.4 Å². The molecule has 0 aliphatic carbocycles. The van der Waals surface area contributed by atoms with Crippen LogP contribution in [0.1, 0.15) is 37.3 Å². The molecule has 7 heteroatoms. The minimum atomic E-state index is -0.256. The number of carbonyl (C=O) groups excluding carboxylic acids is 2. The van der Waals surface area contributed by atoms with E-state index < -0.39 is 0 Å². The van der Waals surface area contributed by atoms with Crippen LogP contribution in [0, 0.1) is 0 Å². The molecule has 1 N–H and O–H groups in total. The molecule has 1 heterocycles. The molecule has 3 aromatic carbocycles. The number of nitrogens with zero attached hydrogens (tertiary/aromatic N) is 1. The lowest BCUT2D eigenvalue weighted by Gasteiger charge is -2.26. The van der Waals surface area contributed by atoms with Gasteiger partial charge in [-0.1, -0.05) is 56.6 Å². The summed E-state index contributed by atoms with van der Waals surface area (Å²) in [6.45, 7) is 6.41. The first-order valence-electron chi connectivity index (χ1n) is 11.0. The minimum absolute atomic E-state index is 0.0574. The fourth-order valence-corrected chi connectivity index (χ4v) is 4.98. The predicted octanol–water partition coefficient (Wildman–Crippen LogP) is 6.43. The number of rotatable bonds is 6. The number of thioether (sulfide) groups is 1. The largest absolute Gasteiger partial charge is 0.484 e. The first-order valence-corrected chi connectivity index (χ1v) is 12.5. The van der Waals surface area contributed by atoms with Gasteiger partial charge >= 0.3 is 0 Å². The summed E-state index contributed by atoms with van der Waals surface area (Å²) in [5, 5.41) is 3.34. The van der Waals surface area contributed by atoms with Crippen LogP contribution in [0.3, 0.4) is 0 Å². The Morgan fingerprint density at radius 2 is 1.68 bits per heavy atom. The number of amides is 2. The van der Waals surface area contributed by atoms with E-state index in [4.69, 9.17) is 16.3 Å². The second kappa shape index (κ2) is 10.1. The summed E-state index contributed by atoms with van der Waals surface area (Å²) in [4.78, 5) is 26.8. The Labute approximate surface area is 209 Å². The molecular formula is C27H27ClN2O3S. The van der Waals surface area contributed by atoms with Crippen molar-refractivity contribution < 1.29 is 14.3 Å². The van der Waals surface area contributed by atoms with E-state index in [0.29, 0.717) is 22.2 Å². The van der Waals surface area contributed by atoms with Gasteiger partial charge in [-0.3, -0.25) is 14.5 Å². The third-order valence-corrected chi connectivity index (χ3v) is 7.01. The Bertz CT molecular complexity index is 1160. The Hall–Kier alpha value is -2.96. The number of hydrogen-bond acceptors (Lipinski definition) is 4. The Morgan fingerprint density at radius 1 is 1.03 bits per heavy atom. The molecule has 1 saturated heterocycles. The molecule has 1 aliphatic heterocycles. The van der Waals surface area contributed by atoms with Crippen molar-refractivity contribution >= 4 is 46.6 Å². The summed E-state index contributed by atoms with van der Waals surface area (Å²) in [5.41, 5.74) is 3.86. The molecule has 0 saturated carbocycles. The molecular weight excluding hydrogens is 468 g/mol. The number of anilines is 2. The lowest BCUT2D eigenvalue weighted by Crippen LogP contribution is -2.28. The van der Waals surface area contributed by atoms with E-state index in [1.54, 1.807) is 36.0 Å². The quantitative estimate of drug-likeness (QED) is 0.428. The van der Waals surface area contributed by atoms with E-state index in [0.717, 1.165) is 11.3 Å². The maximum absolute atomic E-state index is 12.7. The van der Waals surface area contributed by atoms with E-state index in [-0.39, 0.29) is 29.2 Å². The minimum Gasteiger partial charge on any atom is -0.484 e. The van der Waals surface area contributed by atoms with Gasteiger partial charge in [0.1, 0.15) is 11.1 Å². The average molecular weight is 495 g/mol. The number of halogens is 1. The van der Waals surface area contributed by atoms with Gasteiger partial charge in [0.15, 0.2) is 6.61 Å². The van der Waals surface area contributed by atoms with Crippen molar-refractivity contribution in [3.8, 4) is 5.75 Å². The molecule has 5 nitrogen and oxygen atoms in total. The van der Waals surface area contributed by atoms with Crippen molar-refractivity contribution in [2.24, 2.45) is 0 Å². The van der Waals surface area contributed by atoms with Gasteiger partial charge in [0.25, 0.3) is 5.91 Å². The van der Waals surface area contributed by atoms with Crippen LogP contribution >= 0.6 is 23.4 Å². The monoisotopic (exact) mass is 494 g/mol. The molecule has 3 aromatic rings. The van der Waals surface area contributed by atoms with Gasteiger partial charge in [-0.2, -0.15) is 0 Å². The van der Waals surface area contributed by atoms with Crippen molar-refractivity contribution in [1.82, 2.24) is 0 Å². The van der Waals surface area contributed by atoms with Gasteiger partial charge < -0.3 is 10.1 Å². The van der Waals surface area contributed by atoms with E-state index in [1.165, 1.54) is 5.56 Å². The maximum atomic E-state index is 12.7. The summed E-state index contributed by atoms with van der Waals surface area (Å²) in [5.74, 6) is 0.851. The first-order chi connectivity index (χ1) is 16.2. The zero-order valence-electron chi connectivity index (χ0n) is 19.4. The lowest BCUT2D eigenvalue weighted by atomic mass is 9.87. The van der Waals surface area contributed by atoms with Crippen LogP contribution in [-0.2, 0) is 15.0 Å². The molecule has 2 amide bonds. The fourth-order valence-electron chi connectivity index (χ4n) is 3.68. The first kappa shape index (κ1) is 24.2. The summed E-state index contributed by atoms with van der Waals surface area (Å²) >= 11 is 7.46. The number of nitrogens with one attached hydrogen (secondary N) is 1. The van der Waals surface area contributed by atoms with Crippen LogP contribution in [0.2, 0.25) is 5.02 Å². The van der Waals surface area contributed by atoms with E-state index >= 15 is 0 Å². The van der Waals surface area contributed by atoms with E-state index in [2.05, 4.69) is 38.2 Å².